The van der Waals surface area contributed by atoms with Gasteiger partial charge in [0, 0.05) is 24.0 Å². The number of halogens is 3. The van der Waals surface area contributed by atoms with Crippen molar-refractivity contribution in [3.05, 3.63) is 95.8 Å². The molecule has 0 spiro atoms. The quantitative estimate of drug-likeness (QED) is 0.506. The summed E-state index contributed by atoms with van der Waals surface area (Å²) >= 11 is 0. The van der Waals surface area contributed by atoms with Crippen molar-refractivity contribution in [2.45, 2.75) is 32.0 Å². The van der Waals surface area contributed by atoms with Gasteiger partial charge < -0.3 is 4.90 Å². The minimum atomic E-state index is -4.19. The number of rotatable bonds is 4. The Morgan fingerprint density at radius 3 is 2.43 bits per heavy atom. The highest BCUT2D eigenvalue weighted by Gasteiger charge is 2.27. The van der Waals surface area contributed by atoms with Crippen molar-refractivity contribution < 1.29 is 13.2 Å². The third-order valence-corrected chi connectivity index (χ3v) is 5.45. The van der Waals surface area contributed by atoms with E-state index in [1.165, 1.54) is 5.56 Å². The fourth-order valence-corrected chi connectivity index (χ4v) is 3.92. The topological polar surface area (TPSA) is 16.1 Å². The number of fused-ring (bicyclic) bond motifs is 1. The molecule has 2 heterocycles. The van der Waals surface area contributed by atoms with Crippen LogP contribution in [0.1, 0.15) is 28.8 Å². The van der Waals surface area contributed by atoms with Crippen LogP contribution in [-0.2, 0) is 19.4 Å². The maximum Gasteiger partial charge on any atom is 0.393 e. The van der Waals surface area contributed by atoms with Gasteiger partial charge >= 0.3 is 6.18 Å². The fraction of sp³-hybridized carbons (Fsp3) is 0.240. The Kier molecular flexibility index (Phi) is 5.62. The minimum Gasteiger partial charge on any atom is -0.366 e. The maximum atomic E-state index is 12.6. The molecule has 0 aliphatic carbocycles. The molecule has 1 aromatic heterocycles. The number of nitrogens with zero attached hydrogens (tertiary/aromatic N) is 2. The van der Waals surface area contributed by atoms with Gasteiger partial charge in [-0.1, -0.05) is 49.0 Å². The van der Waals surface area contributed by atoms with Crippen LogP contribution in [-0.4, -0.2) is 22.6 Å². The van der Waals surface area contributed by atoms with Crippen LogP contribution in [0.2, 0.25) is 0 Å². The summed E-state index contributed by atoms with van der Waals surface area (Å²) in [5.41, 5.74) is 6.46. The zero-order valence-corrected chi connectivity index (χ0v) is 16.6. The van der Waals surface area contributed by atoms with Gasteiger partial charge in [0.15, 0.2) is 0 Å². The van der Waals surface area contributed by atoms with E-state index >= 15 is 0 Å². The van der Waals surface area contributed by atoms with Crippen LogP contribution in [0.4, 0.5) is 13.2 Å². The van der Waals surface area contributed by atoms with Gasteiger partial charge in [0.1, 0.15) is 0 Å². The summed E-state index contributed by atoms with van der Waals surface area (Å²) in [7, 11) is 0. The van der Waals surface area contributed by atoms with Crippen molar-refractivity contribution in [1.29, 1.82) is 0 Å². The van der Waals surface area contributed by atoms with Crippen molar-refractivity contribution >= 4 is 5.70 Å². The van der Waals surface area contributed by atoms with E-state index < -0.39 is 12.6 Å². The van der Waals surface area contributed by atoms with Crippen LogP contribution in [0, 0.1) is 0 Å². The first-order chi connectivity index (χ1) is 14.4. The van der Waals surface area contributed by atoms with Crippen LogP contribution in [0.5, 0.6) is 0 Å². The molecule has 0 amide bonds. The Labute approximate surface area is 174 Å². The zero-order chi connectivity index (χ0) is 21.1. The molecule has 0 unspecified atom stereocenters. The average Bonchev–Trinajstić information content (AvgIpc) is 2.87. The largest absolute Gasteiger partial charge is 0.393 e. The maximum absolute atomic E-state index is 12.6. The highest BCUT2D eigenvalue weighted by molar-refractivity contribution is 5.73. The van der Waals surface area contributed by atoms with Crippen LogP contribution in [0.15, 0.2) is 73.4 Å². The van der Waals surface area contributed by atoms with E-state index in [2.05, 4.69) is 28.6 Å². The van der Waals surface area contributed by atoms with Crippen LogP contribution < -0.4 is 0 Å². The van der Waals surface area contributed by atoms with Crippen LogP contribution in [0.3, 0.4) is 0 Å². The number of aryl methyl sites for hydroxylation is 1. The standard InChI is InChI=1S/C25H23F3N2/c1-18-24-15-22(20-9-7-19(8-10-20)16-25(26,27)28)12-11-21(24)5-4-14-30(18)17-23-6-2-3-13-29-23/h2-3,6-13,15H,1,4-5,14,16-17H2. The van der Waals surface area contributed by atoms with Gasteiger partial charge in [-0.05, 0) is 53.3 Å². The summed E-state index contributed by atoms with van der Waals surface area (Å²) in [6, 6.07) is 18.8. The Morgan fingerprint density at radius 2 is 1.73 bits per heavy atom. The number of aromatic nitrogens is 1. The number of alkyl halides is 3. The molecule has 0 bridgehead atoms. The van der Waals surface area contributed by atoms with Gasteiger partial charge in [0.2, 0.25) is 0 Å². The summed E-state index contributed by atoms with van der Waals surface area (Å²) in [6.45, 7) is 5.97. The molecule has 5 heteroatoms. The second-order valence-electron chi connectivity index (χ2n) is 7.65. The molecule has 0 atom stereocenters. The second kappa shape index (κ2) is 8.34. The molecule has 0 radical (unpaired) electrons. The van der Waals surface area contributed by atoms with Crippen molar-refractivity contribution in [3.8, 4) is 11.1 Å². The molecule has 0 saturated heterocycles. The Morgan fingerprint density at radius 1 is 0.967 bits per heavy atom. The lowest BCUT2D eigenvalue weighted by Gasteiger charge is -2.25. The summed E-state index contributed by atoms with van der Waals surface area (Å²) in [5.74, 6) is 0. The smallest absolute Gasteiger partial charge is 0.366 e. The first-order valence-corrected chi connectivity index (χ1v) is 10.0. The molecule has 154 valence electrons. The van der Waals surface area contributed by atoms with Crippen molar-refractivity contribution in [3.63, 3.8) is 0 Å². The Balaban J connectivity index is 1.59. The Hall–Kier alpha value is -3.08. The monoisotopic (exact) mass is 408 g/mol. The zero-order valence-electron chi connectivity index (χ0n) is 16.6. The van der Waals surface area contributed by atoms with Gasteiger partial charge in [0.25, 0.3) is 0 Å². The van der Waals surface area contributed by atoms with E-state index in [1.807, 2.05) is 24.3 Å². The first kappa shape index (κ1) is 20.2. The molecule has 2 aromatic carbocycles. The van der Waals surface area contributed by atoms with Crippen molar-refractivity contribution in [2.75, 3.05) is 6.54 Å². The molecule has 1 aliphatic heterocycles. The molecular formula is C25H23F3N2. The van der Waals surface area contributed by atoms with Crippen LogP contribution >= 0.6 is 0 Å². The van der Waals surface area contributed by atoms with Gasteiger partial charge in [-0.25, -0.2) is 0 Å². The second-order valence-corrected chi connectivity index (χ2v) is 7.65. The lowest BCUT2D eigenvalue weighted by Crippen LogP contribution is -2.21. The number of hydrogen-bond acceptors (Lipinski definition) is 2. The minimum absolute atomic E-state index is 0.270. The number of benzene rings is 2. The van der Waals surface area contributed by atoms with Gasteiger partial charge in [-0.3, -0.25) is 4.98 Å². The summed E-state index contributed by atoms with van der Waals surface area (Å²) in [4.78, 5) is 6.68. The van der Waals surface area contributed by atoms with E-state index in [4.69, 9.17) is 0 Å². The third kappa shape index (κ3) is 4.73. The summed E-state index contributed by atoms with van der Waals surface area (Å²) < 4.78 is 37.8. The molecule has 2 nitrogen and oxygen atoms in total. The normalized spacial score (nSPS) is 14.4. The molecule has 0 saturated carbocycles. The predicted molar refractivity (Wildman–Crippen MR) is 114 cm³/mol. The number of hydrogen-bond donors (Lipinski definition) is 0. The summed E-state index contributed by atoms with van der Waals surface area (Å²) in [5, 5.41) is 0. The summed E-state index contributed by atoms with van der Waals surface area (Å²) in [6.07, 6.45) is -1.30. The van der Waals surface area contributed by atoms with E-state index in [0.717, 1.165) is 47.5 Å². The molecule has 4 rings (SSSR count). The first-order valence-electron chi connectivity index (χ1n) is 10.0. The van der Waals surface area contributed by atoms with Gasteiger partial charge in [-0.15, -0.1) is 0 Å². The molecule has 1 aliphatic rings. The van der Waals surface area contributed by atoms with E-state index in [9.17, 15) is 13.2 Å². The van der Waals surface area contributed by atoms with E-state index in [1.54, 1.807) is 30.5 Å². The molecule has 0 fully saturated rings. The average molecular weight is 408 g/mol. The lowest BCUT2D eigenvalue weighted by molar-refractivity contribution is -0.127. The molecule has 30 heavy (non-hydrogen) atoms. The highest BCUT2D eigenvalue weighted by atomic mass is 19.4. The van der Waals surface area contributed by atoms with Gasteiger partial charge in [0.05, 0.1) is 18.7 Å². The van der Waals surface area contributed by atoms with E-state index in [0.29, 0.717) is 6.54 Å². The van der Waals surface area contributed by atoms with E-state index in [-0.39, 0.29) is 5.56 Å². The SMILES string of the molecule is C=C1c2cc(-c3ccc(CC(F)(F)F)cc3)ccc2CCCN1Cc1ccccn1. The fourth-order valence-electron chi connectivity index (χ4n) is 3.92. The predicted octanol–water partition coefficient (Wildman–Crippen LogP) is 6.27. The molecule has 3 aromatic rings. The van der Waals surface area contributed by atoms with Crippen LogP contribution in [0.25, 0.3) is 16.8 Å². The molecular weight excluding hydrogens is 385 g/mol. The third-order valence-electron chi connectivity index (χ3n) is 5.45. The van der Waals surface area contributed by atoms with Crippen molar-refractivity contribution in [2.24, 2.45) is 0 Å². The van der Waals surface area contributed by atoms with Crippen molar-refractivity contribution in [1.82, 2.24) is 9.88 Å². The number of pyridine rings is 1. The molecule has 0 N–H and O–H groups in total. The highest BCUT2D eigenvalue weighted by Crippen LogP contribution is 2.32. The van der Waals surface area contributed by atoms with Gasteiger partial charge in [-0.2, -0.15) is 13.2 Å². The lowest BCUT2D eigenvalue weighted by atomic mass is 9.95. The Bertz CT molecular complexity index is 1020.